The van der Waals surface area contributed by atoms with Crippen molar-refractivity contribution in [2.24, 2.45) is 0 Å². The Balaban J connectivity index is 2.99. The highest BCUT2D eigenvalue weighted by Gasteiger charge is 2.29. The summed E-state index contributed by atoms with van der Waals surface area (Å²) in [7, 11) is -3.77. The SMILES string of the molecule is CS(=O)(=O)c1nc(Cl)cc(OCC(F)(F)F)n1. The highest BCUT2D eigenvalue weighted by Crippen LogP contribution is 2.20. The third kappa shape index (κ3) is 4.73. The van der Waals surface area contributed by atoms with Gasteiger partial charge >= 0.3 is 6.18 Å². The second-order valence-electron chi connectivity index (χ2n) is 2.99. The Bertz CT molecular complexity index is 518. The lowest BCUT2D eigenvalue weighted by Gasteiger charge is -2.08. The molecule has 0 saturated heterocycles. The van der Waals surface area contributed by atoms with Crippen LogP contribution in [-0.4, -0.2) is 37.4 Å². The summed E-state index contributed by atoms with van der Waals surface area (Å²) in [4.78, 5) is 6.66. The lowest BCUT2D eigenvalue weighted by molar-refractivity contribution is -0.154. The Morgan fingerprint density at radius 3 is 2.47 bits per heavy atom. The van der Waals surface area contributed by atoms with Gasteiger partial charge in [-0.05, 0) is 0 Å². The summed E-state index contributed by atoms with van der Waals surface area (Å²) in [6.07, 6.45) is -3.76. The van der Waals surface area contributed by atoms with Crippen molar-refractivity contribution in [2.45, 2.75) is 11.3 Å². The monoisotopic (exact) mass is 290 g/mol. The fourth-order valence-corrected chi connectivity index (χ4v) is 1.52. The van der Waals surface area contributed by atoms with E-state index in [1.54, 1.807) is 0 Å². The van der Waals surface area contributed by atoms with E-state index in [1.807, 2.05) is 0 Å². The lowest BCUT2D eigenvalue weighted by Crippen LogP contribution is -2.20. The van der Waals surface area contributed by atoms with Gasteiger partial charge in [0.15, 0.2) is 6.61 Å². The Labute approximate surface area is 99.5 Å². The molecule has 1 rings (SSSR count). The van der Waals surface area contributed by atoms with Crippen LogP contribution in [0.15, 0.2) is 11.2 Å². The first-order valence-electron chi connectivity index (χ1n) is 4.02. The van der Waals surface area contributed by atoms with Gasteiger partial charge in [-0.15, -0.1) is 0 Å². The second-order valence-corrected chi connectivity index (χ2v) is 5.28. The number of aromatic nitrogens is 2. The molecular formula is C7H6ClF3N2O3S. The van der Waals surface area contributed by atoms with Crippen molar-refractivity contribution in [3.8, 4) is 5.88 Å². The van der Waals surface area contributed by atoms with Gasteiger partial charge in [-0.1, -0.05) is 11.6 Å². The molecule has 0 saturated carbocycles. The van der Waals surface area contributed by atoms with Crippen LogP contribution in [0.5, 0.6) is 5.88 Å². The van der Waals surface area contributed by atoms with Gasteiger partial charge in [0.2, 0.25) is 15.7 Å². The molecule has 0 fully saturated rings. The van der Waals surface area contributed by atoms with Crippen molar-refractivity contribution in [3.05, 3.63) is 11.2 Å². The maximum absolute atomic E-state index is 11.9. The molecule has 96 valence electrons. The number of ether oxygens (including phenoxy) is 1. The van der Waals surface area contributed by atoms with Gasteiger partial charge in [-0.2, -0.15) is 18.2 Å². The lowest BCUT2D eigenvalue weighted by atomic mass is 10.6. The van der Waals surface area contributed by atoms with E-state index < -0.39 is 33.7 Å². The molecule has 0 spiro atoms. The van der Waals surface area contributed by atoms with E-state index in [2.05, 4.69) is 14.7 Å². The molecule has 0 aliphatic carbocycles. The van der Waals surface area contributed by atoms with Crippen LogP contribution in [-0.2, 0) is 9.84 Å². The number of alkyl halides is 3. The van der Waals surface area contributed by atoms with E-state index >= 15 is 0 Å². The maximum atomic E-state index is 11.9. The van der Waals surface area contributed by atoms with Gasteiger partial charge in [0.25, 0.3) is 5.16 Å². The minimum absolute atomic E-state index is 0.322. The molecule has 17 heavy (non-hydrogen) atoms. The fraction of sp³-hybridized carbons (Fsp3) is 0.429. The zero-order valence-electron chi connectivity index (χ0n) is 8.32. The van der Waals surface area contributed by atoms with Gasteiger partial charge < -0.3 is 4.74 Å². The van der Waals surface area contributed by atoms with Gasteiger partial charge in [-0.3, -0.25) is 0 Å². The van der Waals surface area contributed by atoms with Crippen molar-refractivity contribution in [1.29, 1.82) is 0 Å². The zero-order chi connectivity index (χ0) is 13.3. The Kier molecular flexibility index (Phi) is 3.82. The zero-order valence-corrected chi connectivity index (χ0v) is 9.90. The molecule has 1 heterocycles. The fourth-order valence-electron chi connectivity index (χ4n) is 0.773. The van der Waals surface area contributed by atoms with Crippen LogP contribution in [0.2, 0.25) is 5.15 Å². The summed E-state index contributed by atoms with van der Waals surface area (Å²) in [5.74, 6) is -0.553. The Hall–Kier alpha value is -1.09. The predicted octanol–water partition coefficient (Wildman–Crippen LogP) is 1.47. The molecule has 0 amide bonds. The minimum atomic E-state index is -4.55. The van der Waals surface area contributed by atoms with Gasteiger partial charge in [-0.25, -0.2) is 13.4 Å². The number of hydrogen-bond donors (Lipinski definition) is 0. The van der Waals surface area contributed by atoms with E-state index in [4.69, 9.17) is 11.6 Å². The molecule has 0 aliphatic heterocycles. The molecule has 0 aliphatic rings. The standard InChI is InChI=1S/C7H6ClF3N2O3S/c1-17(14,15)6-12-4(8)2-5(13-6)16-3-7(9,10)11/h2H,3H2,1H3. The van der Waals surface area contributed by atoms with Gasteiger partial charge in [0.1, 0.15) is 5.15 Å². The summed E-state index contributed by atoms with van der Waals surface area (Å²) >= 11 is 5.43. The Morgan fingerprint density at radius 1 is 1.41 bits per heavy atom. The van der Waals surface area contributed by atoms with Crippen molar-refractivity contribution < 1.29 is 26.3 Å². The molecule has 0 atom stereocenters. The quantitative estimate of drug-likeness (QED) is 0.623. The van der Waals surface area contributed by atoms with Crippen molar-refractivity contribution in [3.63, 3.8) is 0 Å². The maximum Gasteiger partial charge on any atom is 0.422 e. The molecule has 1 aromatic rings. The molecule has 10 heteroatoms. The molecule has 1 aromatic heterocycles. The Morgan fingerprint density at radius 2 is 2.00 bits per heavy atom. The van der Waals surface area contributed by atoms with Crippen LogP contribution >= 0.6 is 11.6 Å². The first-order chi connectivity index (χ1) is 7.58. The smallest absolute Gasteiger partial charge is 0.422 e. The number of hydrogen-bond acceptors (Lipinski definition) is 5. The van der Waals surface area contributed by atoms with E-state index in [9.17, 15) is 21.6 Å². The third-order valence-corrected chi connectivity index (χ3v) is 2.41. The van der Waals surface area contributed by atoms with Crippen molar-refractivity contribution >= 4 is 21.4 Å². The van der Waals surface area contributed by atoms with Crippen LogP contribution in [0.25, 0.3) is 0 Å². The molecule has 5 nitrogen and oxygen atoms in total. The molecule has 0 radical (unpaired) electrons. The summed E-state index contributed by atoms with van der Waals surface area (Å²) in [5.41, 5.74) is 0. The van der Waals surface area contributed by atoms with E-state index in [0.29, 0.717) is 0 Å². The van der Waals surface area contributed by atoms with Gasteiger partial charge in [0.05, 0.1) is 0 Å². The van der Waals surface area contributed by atoms with Crippen LogP contribution in [0.3, 0.4) is 0 Å². The number of halogens is 4. The number of nitrogens with zero attached hydrogens (tertiary/aromatic N) is 2. The molecule has 0 unspecified atom stereocenters. The van der Waals surface area contributed by atoms with E-state index in [1.165, 1.54) is 0 Å². The van der Waals surface area contributed by atoms with Crippen molar-refractivity contribution in [1.82, 2.24) is 9.97 Å². The van der Waals surface area contributed by atoms with E-state index in [-0.39, 0.29) is 5.15 Å². The normalized spacial score (nSPS) is 12.5. The van der Waals surface area contributed by atoms with Crippen LogP contribution in [0.1, 0.15) is 0 Å². The highest BCUT2D eigenvalue weighted by molar-refractivity contribution is 7.90. The summed E-state index contributed by atoms with van der Waals surface area (Å²) < 4.78 is 62.0. The summed E-state index contributed by atoms with van der Waals surface area (Å²) in [6, 6.07) is 0.891. The molecule has 0 aromatic carbocycles. The average Bonchev–Trinajstić information content (AvgIpc) is 2.11. The first-order valence-corrected chi connectivity index (χ1v) is 6.29. The largest absolute Gasteiger partial charge is 0.468 e. The molecular weight excluding hydrogens is 285 g/mol. The molecule has 0 bridgehead atoms. The average molecular weight is 291 g/mol. The summed E-state index contributed by atoms with van der Waals surface area (Å²) in [5, 5.41) is -1.01. The minimum Gasteiger partial charge on any atom is -0.468 e. The van der Waals surface area contributed by atoms with Crippen molar-refractivity contribution in [2.75, 3.05) is 12.9 Å². The number of sulfone groups is 1. The molecule has 0 N–H and O–H groups in total. The van der Waals surface area contributed by atoms with Crippen LogP contribution < -0.4 is 4.74 Å². The second kappa shape index (κ2) is 4.65. The van der Waals surface area contributed by atoms with Crippen LogP contribution in [0, 0.1) is 0 Å². The topological polar surface area (TPSA) is 69.2 Å². The van der Waals surface area contributed by atoms with E-state index in [0.717, 1.165) is 12.3 Å². The number of rotatable bonds is 3. The predicted molar refractivity (Wildman–Crippen MR) is 51.7 cm³/mol. The summed E-state index contributed by atoms with van der Waals surface area (Å²) in [6.45, 7) is -1.59. The first kappa shape index (κ1) is 14.0. The van der Waals surface area contributed by atoms with Gasteiger partial charge in [0, 0.05) is 12.3 Å². The third-order valence-electron chi connectivity index (χ3n) is 1.37. The highest BCUT2D eigenvalue weighted by atomic mass is 35.5. The van der Waals surface area contributed by atoms with Crippen LogP contribution in [0.4, 0.5) is 13.2 Å².